The molecule has 170 valence electrons. The molecule has 1 N–H and O–H groups in total. The number of benzene rings is 2. The van der Waals surface area contributed by atoms with E-state index < -0.39 is 0 Å². The molecule has 0 aliphatic rings. The number of rotatable bonds is 10. The number of nitrogens with one attached hydrogen (secondary N) is 1. The summed E-state index contributed by atoms with van der Waals surface area (Å²) in [5, 5.41) is 3.17. The van der Waals surface area contributed by atoms with Gasteiger partial charge in [-0.15, -0.1) is 0 Å². The molecule has 1 amide bonds. The minimum Gasteiger partial charge on any atom is -0.350 e. The van der Waals surface area contributed by atoms with Crippen LogP contribution in [0.5, 0.6) is 0 Å². The zero-order valence-corrected chi connectivity index (χ0v) is 19.6. The number of nitrogens with zero attached hydrogens (tertiary/aromatic N) is 2. The Hall–Kier alpha value is -2.92. The molecular weight excluding hydrogens is 401 g/mol. The van der Waals surface area contributed by atoms with Crippen molar-refractivity contribution in [1.29, 1.82) is 0 Å². The van der Waals surface area contributed by atoms with Crippen LogP contribution in [0.4, 0.5) is 4.39 Å². The van der Waals surface area contributed by atoms with Crippen LogP contribution in [0.2, 0.25) is 0 Å². The Bertz CT molecular complexity index is 1010. The number of aromatic nitrogens is 1. The highest BCUT2D eigenvalue weighted by Gasteiger charge is 2.20. The lowest BCUT2D eigenvalue weighted by atomic mass is 10.1. The lowest BCUT2D eigenvalue weighted by molar-refractivity contribution is 0.0936. The van der Waals surface area contributed by atoms with E-state index in [2.05, 4.69) is 35.6 Å². The molecule has 1 aromatic heterocycles. The van der Waals surface area contributed by atoms with Crippen LogP contribution in [0.3, 0.4) is 0 Å². The molecule has 0 spiro atoms. The van der Waals surface area contributed by atoms with Crippen molar-refractivity contribution in [2.75, 3.05) is 19.6 Å². The van der Waals surface area contributed by atoms with E-state index in [-0.39, 0.29) is 17.8 Å². The minimum atomic E-state index is -0.278. The molecule has 0 aliphatic carbocycles. The fourth-order valence-corrected chi connectivity index (χ4v) is 4.11. The molecule has 0 radical (unpaired) electrons. The standard InChI is InChI=1S/C27H34FN3O/c1-5-30(6-2)18-10-11-20(3)29-27(32)25-19-26(22-14-16-23(28)17-15-22)31(21(25)4)24-12-8-7-9-13-24/h7-9,12-17,19-20H,5-6,10-11,18H2,1-4H3,(H,29,32)/t20-/m0/s1. The first-order valence-electron chi connectivity index (χ1n) is 11.5. The summed E-state index contributed by atoms with van der Waals surface area (Å²) >= 11 is 0. The summed E-state index contributed by atoms with van der Waals surface area (Å²) in [7, 11) is 0. The van der Waals surface area contributed by atoms with Gasteiger partial charge in [-0.05, 0) is 94.4 Å². The van der Waals surface area contributed by atoms with Gasteiger partial charge in [0.2, 0.25) is 0 Å². The summed E-state index contributed by atoms with van der Waals surface area (Å²) in [6.45, 7) is 11.5. The third-order valence-electron chi connectivity index (χ3n) is 6.03. The summed E-state index contributed by atoms with van der Waals surface area (Å²) < 4.78 is 15.6. The van der Waals surface area contributed by atoms with Crippen molar-refractivity contribution < 1.29 is 9.18 Å². The zero-order valence-electron chi connectivity index (χ0n) is 19.6. The average Bonchev–Trinajstić information content (AvgIpc) is 3.15. The molecule has 0 saturated carbocycles. The monoisotopic (exact) mass is 435 g/mol. The highest BCUT2D eigenvalue weighted by molar-refractivity contribution is 5.97. The van der Waals surface area contributed by atoms with E-state index >= 15 is 0 Å². The topological polar surface area (TPSA) is 37.3 Å². The van der Waals surface area contributed by atoms with Gasteiger partial charge in [-0.3, -0.25) is 4.79 Å². The molecule has 0 aliphatic heterocycles. The summed E-state index contributed by atoms with van der Waals surface area (Å²) in [5.74, 6) is -0.351. The predicted molar refractivity (Wildman–Crippen MR) is 130 cm³/mol. The van der Waals surface area contributed by atoms with Crippen LogP contribution in [-0.4, -0.2) is 41.1 Å². The minimum absolute atomic E-state index is 0.0733. The molecule has 3 rings (SSSR count). The Kier molecular flexibility index (Phi) is 8.23. The van der Waals surface area contributed by atoms with E-state index in [9.17, 15) is 9.18 Å². The van der Waals surface area contributed by atoms with Crippen molar-refractivity contribution in [2.24, 2.45) is 0 Å². The lowest BCUT2D eigenvalue weighted by Gasteiger charge is -2.19. The van der Waals surface area contributed by atoms with E-state index in [1.807, 2.05) is 43.3 Å². The van der Waals surface area contributed by atoms with E-state index in [0.29, 0.717) is 5.56 Å². The largest absolute Gasteiger partial charge is 0.350 e. The summed E-state index contributed by atoms with van der Waals surface area (Å²) in [6, 6.07) is 18.3. The molecule has 0 fully saturated rings. The van der Waals surface area contributed by atoms with Crippen molar-refractivity contribution in [1.82, 2.24) is 14.8 Å². The Balaban J connectivity index is 1.84. The van der Waals surface area contributed by atoms with Crippen LogP contribution in [-0.2, 0) is 0 Å². The van der Waals surface area contributed by atoms with Gasteiger partial charge >= 0.3 is 0 Å². The molecule has 0 saturated heterocycles. The summed E-state index contributed by atoms with van der Waals surface area (Å²) in [5.41, 5.74) is 4.21. The molecule has 2 aromatic carbocycles. The smallest absolute Gasteiger partial charge is 0.253 e. The van der Waals surface area contributed by atoms with Crippen molar-refractivity contribution in [3.05, 3.63) is 77.7 Å². The van der Waals surface area contributed by atoms with Crippen LogP contribution >= 0.6 is 0 Å². The first kappa shape index (κ1) is 23.7. The Morgan fingerprint density at radius 1 is 1.06 bits per heavy atom. The number of carbonyl (C=O) groups is 1. The van der Waals surface area contributed by atoms with E-state index in [4.69, 9.17) is 0 Å². The van der Waals surface area contributed by atoms with Crippen LogP contribution in [0, 0.1) is 12.7 Å². The maximum Gasteiger partial charge on any atom is 0.253 e. The van der Waals surface area contributed by atoms with Gasteiger partial charge in [-0.2, -0.15) is 0 Å². The number of amides is 1. The quantitative estimate of drug-likeness (QED) is 0.435. The third kappa shape index (κ3) is 5.65. The van der Waals surface area contributed by atoms with E-state index in [0.717, 1.165) is 55.1 Å². The number of halogens is 1. The number of hydrogen-bond donors (Lipinski definition) is 1. The molecule has 0 unspecified atom stereocenters. The van der Waals surface area contributed by atoms with Crippen molar-refractivity contribution in [3.63, 3.8) is 0 Å². The van der Waals surface area contributed by atoms with Gasteiger partial charge in [0.25, 0.3) is 5.91 Å². The molecule has 5 heteroatoms. The van der Waals surface area contributed by atoms with Crippen LogP contribution in [0.15, 0.2) is 60.7 Å². The lowest BCUT2D eigenvalue weighted by Crippen LogP contribution is -2.34. The average molecular weight is 436 g/mol. The molecule has 3 aromatic rings. The van der Waals surface area contributed by atoms with Gasteiger partial charge in [-0.1, -0.05) is 32.0 Å². The molecule has 0 bridgehead atoms. The van der Waals surface area contributed by atoms with Gasteiger partial charge < -0.3 is 14.8 Å². The number of carbonyl (C=O) groups excluding carboxylic acids is 1. The van der Waals surface area contributed by atoms with E-state index in [1.54, 1.807) is 12.1 Å². The molecule has 4 nitrogen and oxygen atoms in total. The number of para-hydroxylation sites is 1. The van der Waals surface area contributed by atoms with Crippen molar-refractivity contribution in [3.8, 4) is 16.9 Å². The first-order chi connectivity index (χ1) is 15.4. The molecule has 1 heterocycles. The van der Waals surface area contributed by atoms with Gasteiger partial charge in [0.15, 0.2) is 0 Å². The normalized spacial score (nSPS) is 12.2. The Labute approximate surface area is 191 Å². The highest BCUT2D eigenvalue weighted by Crippen LogP contribution is 2.30. The van der Waals surface area contributed by atoms with Gasteiger partial charge in [0, 0.05) is 17.4 Å². The van der Waals surface area contributed by atoms with Crippen molar-refractivity contribution in [2.45, 2.75) is 46.6 Å². The summed E-state index contributed by atoms with van der Waals surface area (Å²) in [4.78, 5) is 15.6. The van der Waals surface area contributed by atoms with Crippen molar-refractivity contribution >= 4 is 5.91 Å². The van der Waals surface area contributed by atoms with Gasteiger partial charge in [0.1, 0.15) is 5.82 Å². The van der Waals surface area contributed by atoms with Crippen LogP contribution < -0.4 is 5.32 Å². The Morgan fingerprint density at radius 3 is 2.34 bits per heavy atom. The fourth-order valence-electron chi connectivity index (χ4n) is 4.11. The fraction of sp³-hybridized carbons (Fsp3) is 0.370. The number of hydrogen-bond acceptors (Lipinski definition) is 2. The SMILES string of the molecule is CCN(CC)CCC[C@H](C)NC(=O)c1cc(-c2ccc(F)cc2)n(-c2ccccc2)c1C. The van der Waals surface area contributed by atoms with Crippen LogP contribution in [0.1, 0.15) is 49.7 Å². The highest BCUT2D eigenvalue weighted by atomic mass is 19.1. The zero-order chi connectivity index (χ0) is 23.1. The van der Waals surface area contributed by atoms with Gasteiger partial charge in [0.05, 0.1) is 11.3 Å². The first-order valence-corrected chi connectivity index (χ1v) is 11.5. The predicted octanol–water partition coefficient (Wildman–Crippen LogP) is 5.83. The van der Waals surface area contributed by atoms with Crippen LogP contribution in [0.25, 0.3) is 16.9 Å². The third-order valence-corrected chi connectivity index (χ3v) is 6.03. The molecular formula is C27H34FN3O. The van der Waals surface area contributed by atoms with E-state index in [1.165, 1.54) is 12.1 Å². The Morgan fingerprint density at radius 2 is 1.72 bits per heavy atom. The maximum atomic E-state index is 13.5. The second-order valence-electron chi connectivity index (χ2n) is 8.25. The molecule has 1 atom stereocenters. The molecule has 32 heavy (non-hydrogen) atoms. The maximum absolute atomic E-state index is 13.5. The second-order valence-corrected chi connectivity index (χ2v) is 8.25. The van der Waals surface area contributed by atoms with Gasteiger partial charge in [-0.25, -0.2) is 4.39 Å². The summed E-state index contributed by atoms with van der Waals surface area (Å²) in [6.07, 6.45) is 1.99. The second kappa shape index (κ2) is 11.1.